The molecule has 0 aromatic carbocycles. The first-order chi connectivity index (χ1) is 12.9. The maximum Gasteiger partial charge on any atom is 0.155 e. The second-order valence-electron chi connectivity index (χ2n) is 7.54. The second kappa shape index (κ2) is 4.44. The van der Waals surface area contributed by atoms with E-state index in [1.165, 1.54) is 0 Å². The SMILES string of the molecule is [2H]C1=C2C([2H])([2H])CC3C(CC[C@@]4(C)C3CC([2H])([2H])[C@]4([2H])O)[C@@]2(C)CC([2H])([2H])C1=O. The van der Waals surface area contributed by atoms with Crippen LogP contribution in [0.2, 0.25) is 0 Å². The molecule has 0 aliphatic heterocycles. The van der Waals surface area contributed by atoms with E-state index >= 15 is 0 Å². The van der Waals surface area contributed by atoms with Gasteiger partial charge in [0.05, 0.1) is 8.82 Å². The molecule has 0 bridgehead atoms. The van der Waals surface area contributed by atoms with Gasteiger partial charge in [-0.05, 0) is 79.5 Å². The van der Waals surface area contributed by atoms with Crippen LogP contribution in [0.4, 0.5) is 0 Å². The van der Waals surface area contributed by atoms with E-state index in [4.69, 9.17) is 11.0 Å². The lowest BCUT2D eigenvalue weighted by Gasteiger charge is -2.57. The summed E-state index contributed by atoms with van der Waals surface area (Å²) in [4.78, 5) is 12.4. The summed E-state index contributed by atoms with van der Waals surface area (Å²) in [6.45, 7) is 3.46. The first kappa shape index (κ1) is 7.77. The fourth-order valence-corrected chi connectivity index (χ4v) is 5.20. The number of carbonyl (C=O) groups excluding carboxylic acids is 1. The predicted molar refractivity (Wildman–Crippen MR) is 82.7 cm³/mol. The molecule has 0 aromatic heterocycles. The van der Waals surface area contributed by atoms with Crippen molar-refractivity contribution in [2.45, 2.75) is 71.2 Å². The molecule has 1 N–H and O–H groups in total. The highest BCUT2D eigenvalue weighted by Gasteiger charge is 2.58. The van der Waals surface area contributed by atoms with Crippen LogP contribution < -0.4 is 0 Å². The van der Waals surface area contributed by atoms with Crippen molar-refractivity contribution in [3.63, 3.8) is 0 Å². The number of hydrogen-bond donors (Lipinski definition) is 1. The third-order valence-electron chi connectivity index (χ3n) is 6.62. The Morgan fingerprint density at radius 3 is 2.90 bits per heavy atom. The average Bonchev–Trinajstić information content (AvgIpc) is 2.68. The normalized spacial score (nSPS) is 69.5. The van der Waals surface area contributed by atoms with E-state index in [1.54, 1.807) is 13.8 Å². The maximum atomic E-state index is 12.4. The number of carbonyl (C=O) groups is 1. The van der Waals surface area contributed by atoms with Crippen LogP contribution in [-0.2, 0) is 4.79 Å². The molecule has 21 heavy (non-hydrogen) atoms. The van der Waals surface area contributed by atoms with Crippen LogP contribution in [0.15, 0.2) is 11.6 Å². The summed E-state index contributed by atoms with van der Waals surface area (Å²) in [6.07, 6.45) is -8.04. The lowest BCUT2D eigenvalue weighted by atomic mass is 9.47. The molecule has 3 unspecified atom stereocenters. The molecule has 0 spiro atoms. The monoisotopic (exact) mass is 296 g/mol. The zero-order chi connectivity index (χ0) is 22.0. The highest BCUT2D eigenvalue weighted by molar-refractivity contribution is 5.91. The molecule has 3 saturated carbocycles. The largest absolute Gasteiger partial charge is 0.393 e. The summed E-state index contributed by atoms with van der Waals surface area (Å²) in [5.74, 6) is -1.98. The molecule has 116 valence electrons. The number of rotatable bonds is 0. The Bertz CT molecular complexity index is 819. The standard InChI is InChI=1S/C19H28O2/c1-18-9-7-13(20)11-12(18)3-4-14-15-5-6-17(21)19(15,2)10-8-16(14)18/h11,14-17,21H,3-10H2,1-2H3/t14?,15?,16?,17-,18-,19-/m0/s1/i3D2,6D2,7D2,11D,17D. The number of aliphatic hydroxyl groups is 1. The molecular formula is C19H28O2. The Morgan fingerprint density at radius 2 is 2.10 bits per heavy atom. The Kier molecular flexibility index (Phi) is 1.64. The smallest absolute Gasteiger partial charge is 0.155 e. The molecule has 3 fully saturated rings. The van der Waals surface area contributed by atoms with Crippen molar-refractivity contribution in [3.8, 4) is 0 Å². The fourth-order valence-electron chi connectivity index (χ4n) is 5.20. The van der Waals surface area contributed by atoms with E-state index in [9.17, 15) is 9.90 Å². The van der Waals surface area contributed by atoms with Crippen molar-refractivity contribution in [2.75, 3.05) is 0 Å². The van der Waals surface area contributed by atoms with Crippen LogP contribution in [-0.4, -0.2) is 17.0 Å². The minimum atomic E-state index is -2.28. The van der Waals surface area contributed by atoms with E-state index < -0.39 is 53.8 Å². The van der Waals surface area contributed by atoms with Gasteiger partial charge in [-0.15, -0.1) is 0 Å². The van der Waals surface area contributed by atoms with Crippen LogP contribution in [0.1, 0.15) is 76.0 Å². The van der Waals surface area contributed by atoms with Gasteiger partial charge >= 0.3 is 0 Å². The van der Waals surface area contributed by atoms with Gasteiger partial charge in [0.15, 0.2) is 5.78 Å². The highest BCUT2D eigenvalue weighted by Crippen LogP contribution is 2.65. The predicted octanol–water partition coefficient (Wildman–Crippen LogP) is 3.88. The Balaban J connectivity index is 1.87. The van der Waals surface area contributed by atoms with Gasteiger partial charge in [-0.25, -0.2) is 0 Å². The zero-order valence-electron chi connectivity index (χ0n) is 20.6. The molecule has 0 heterocycles. The molecule has 2 heteroatoms. The molecule has 0 radical (unpaired) electrons. The molecule has 0 saturated heterocycles. The summed E-state index contributed by atoms with van der Waals surface area (Å²) >= 11 is 0. The van der Waals surface area contributed by atoms with Gasteiger partial charge in [0.1, 0.15) is 0 Å². The van der Waals surface area contributed by atoms with E-state index in [2.05, 4.69) is 0 Å². The molecule has 4 aliphatic carbocycles. The molecule has 0 amide bonds. The van der Waals surface area contributed by atoms with Gasteiger partial charge in [-0.2, -0.15) is 0 Å². The lowest BCUT2D eigenvalue weighted by molar-refractivity contribution is -0.118. The summed E-state index contributed by atoms with van der Waals surface area (Å²) in [5.41, 5.74) is -1.98. The number of allylic oxidation sites excluding steroid dienone is 1. The van der Waals surface area contributed by atoms with Crippen LogP contribution >= 0.6 is 0 Å². The van der Waals surface area contributed by atoms with Crippen molar-refractivity contribution < 1.29 is 20.9 Å². The summed E-state index contributed by atoms with van der Waals surface area (Å²) in [7, 11) is 0. The van der Waals surface area contributed by atoms with E-state index in [0.717, 1.165) is 0 Å². The minimum Gasteiger partial charge on any atom is -0.393 e. The van der Waals surface area contributed by atoms with Gasteiger partial charge < -0.3 is 5.11 Å². The van der Waals surface area contributed by atoms with Crippen molar-refractivity contribution in [3.05, 3.63) is 11.6 Å². The van der Waals surface area contributed by atoms with Crippen molar-refractivity contribution in [1.29, 1.82) is 0 Å². The number of fused-ring (bicyclic) bond motifs is 5. The van der Waals surface area contributed by atoms with Gasteiger partial charge in [-0.1, -0.05) is 19.4 Å². The van der Waals surface area contributed by atoms with Gasteiger partial charge in [0.25, 0.3) is 0 Å². The fraction of sp³-hybridized carbons (Fsp3) is 0.842. The van der Waals surface area contributed by atoms with Crippen LogP contribution in [0.3, 0.4) is 0 Å². The van der Waals surface area contributed by atoms with Crippen molar-refractivity contribution in [2.24, 2.45) is 28.6 Å². The lowest BCUT2D eigenvalue weighted by Crippen LogP contribution is -2.51. The minimum absolute atomic E-state index is 0.00628. The van der Waals surface area contributed by atoms with E-state index in [1.807, 2.05) is 0 Å². The number of hydrogen-bond acceptors (Lipinski definition) is 2. The average molecular weight is 296 g/mol. The van der Waals surface area contributed by atoms with Crippen LogP contribution in [0.5, 0.6) is 0 Å². The summed E-state index contributed by atoms with van der Waals surface area (Å²) < 4.78 is 66.9. The molecule has 2 nitrogen and oxygen atoms in total. The van der Waals surface area contributed by atoms with E-state index in [0.29, 0.717) is 12.8 Å². The molecule has 6 atom stereocenters. The number of ketones is 1. The Labute approximate surface area is 139 Å². The van der Waals surface area contributed by atoms with Crippen molar-refractivity contribution >= 4 is 5.78 Å². The van der Waals surface area contributed by atoms with Gasteiger partial charge in [-0.3, -0.25) is 4.79 Å². The third kappa shape index (κ3) is 1.78. The second-order valence-corrected chi connectivity index (χ2v) is 7.54. The molecule has 0 aromatic rings. The van der Waals surface area contributed by atoms with Gasteiger partial charge in [0, 0.05) is 14.6 Å². The van der Waals surface area contributed by atoms with E-state index in [-0.39, 0.29) is 36.7 Å². The Hall–Kier alpha value is -0.630. The summed E-state index contributed by atoms with van der Waals surface area (Å²) in [5, 5.41) is 10.8. The first-order valence-electron chi connectivity index (χ1n) is 11.9. The summed E-state index contributed by atoms with van der Waals surface area (Å²) in [6, 6.07) is -0.556. The highest BCUT2D eigenvalue weighted by atomic mass is 16.3. The first-order valence-corrected chi connectivity index (χ1v) is 7.91. The molecular weight excluding hydrogens is 260 g/mol. The molecule has 4 rings (SSSR count). The zero-order valence-corrected chi connectivity index (χ0v) is 12.6. The Morgan fingerprint density at radius 1 is 1.29 bits per heavy atom. The van der Waals surface area contributed by atoms with Gasteiger partial charge in [0.2, 0.25) is 0 Å². The molecule has 4 aliphatic rings. The third-order valence-corrected chi connectivity index (χ3v) is 6.62. The quantitative estimate of drug-likeness (QED) is 0.736. The van der Waals surface area contributed by atoms with Crippen LogP contribution in [0, 0.1) is 28.6 Å². The maximum absolute atomic E-state index is 12.4. The van der Waals surface area contributed by atoms with Crippen molar-refractivity contribution in [1.82, 2.24) is 0 Å². The van der Waals surface area contributed by atoms with Crippen LogP contribution in [0.25, 0.3) is 0 Å². The topological polar surface area (TPSA) is 37.3 Å².